The first-order valence-electron chi connectivity index (χ1n) is 12.4. The Morgan fingerprint density at radius 1 is 1.08 bits per heavy atom. The lowest BCUT2D eigenvalue weighted by molar-refractivity contribution is -0.111. The zero-order valence-corrected chi connectivity index (χ0v) is 20.8. The van der Waals surface area contributed by atoms with Crippen LogP contribution in [0.5, 0.6) is 0 Å². The molecule has 1 amide bonds. The Morgan fingerprint density at radius 2 is 1.92 bits per heavy atom. The first kappa shape index (κ1) is 23.8. The van der Waals surface area contributed by atoms with Gasteiger partial charge in [0.25, 0.3) is 0 Å². The second-order valence-electron chi connectivity index (χ2n) is 9.04. The summed E-state index contributed by atoms with van der Waals surface area (Å²) in [6.45, 7) is 8.68. The van der Waals surface area contributed by atoms with Crippen molar-refractivity contribution in [1.82, 2.24) is 9.97 Å². The number of amides is 1. The highest BCUT2D eigenvalue weighted by Gasteiger charge is 2.25. The Bertz CT molecular complexity index is 1270. The summed E-state index contributed by atoms with van der Waals surface area (Å²) in [4.78, 5) is 26.3. The van der Waals surface area contributed by atoms with E-state index in [0.29, 0.717) is 12.5 Å². The molecule has 0 saturated carbocycles. The van der Waals surface area contributed by atoms with Crippen LogP contribution < -0.4 is 20.4 Å². The van der Waals surface area contributed by atoms with Crippen LogP contribution in [0.2, 0.25) is 0 Å². The number of anilines is 5. The van der Waals surface area contributed by atoms with E-state index in [1.165, 1.54) is 11.6 Å². The summed E-state index contributed by atoms with van der Waals surface area (Å²) in [5, 5.41) is 6.40. The standard InChI is InChI=1S/C28H32N6O2/c1-3-7-26(35)30-22-9-6-8-21(18-22)19-34-13-12-23-20(2)29-28(32-27(23)34)31-24-10-4-5-11-25(24)33-14-16-36-17-15-33/h3-11,18H,12-17,19H2,1-2H3,(H,30,35)(H,29,31,32)/b7-3+. The fourth-order valence-electron chi connectivity index (χ4n) is 4.78. The fraction of sp³-hybridized carbons (Fsp3) is 0.321. The Balaban J connectivity index is 1.36. The van der Waals surface area contributed by atoms with Gasteiger partial charge in [0, 0.05) is 43.1 Å². The van der Waals surface area contributed by atoms with Crippen molar-refractivity contribution >= 4 is 34.7 Å². The van der Waals surface area contributed by atoms with E-state index < -0.39 is 0 Å². The van der Waals surface area contributed by atoms with Crippen LogP contribution in [0.3, 0.4) is 0 Å². The number of nitrogens with one attached hydrogen (secondary N) is 2. The average molecular weight is 485 g/mol. The van der Waals surface area contributed by atoms with Crippen LogP contribution in [0.15, 0.2) is 60.7 Å². The van der Waals surface area contributed by atoms with Gasteiger partial charge in [-0.1, -0.05) is 30.3 Å². The highest BCUT2D eigenvalue weighted by Crippen LogP contribution is 2.33. The van der Waals surface area contributed by atoms with Gasteiger partial charge in [-0.2, -0.15) is 4.98 Å². The number of aromatic nitrogens is 2. The average Bonchev–Trinajstić information content (AvgIpc) is 3.28. The quantitative estimate of drug-likeness (QED) is 0.480. The predicted molar refractivity (Wildman–Crippen MR) is 144 cm³/mol. The molecule has 2 aliphatic heterocycles. The number of hydrogen-bond acceptors (Lipinski definition) is 7. The number of hydrogen-bond donors (Lipinski definition) is 2. The van der Waals surface area contributed by atoms with Gasteiger partial charge in [0.05, 0.1) is 24.6 Å². The molecule has 2 aromatic carbocycles. The van der Waals surface area contributed by atoms with Crippen molar-refractivity contribution < 1.29 is 9.53 Å². The topological polar surface area (TPSA) is 82.6 Å². The molecule has 8 heteroatoms. The first-order valence-corrected chi connectivity index (χ1v) is 12.4. The van der Waals surface area contributed by atoms with Crippen LogP contribution in [0, 0.1) is 6.92 Å². The molecule has 2 aliphatic rings. The maximum absolute atomic E-state index is 11.9. The number of rotatable bonds is 7. The van der Waals surface area contributed by atoms with Gasteiger partial charge >= 0.3 is 0 Å². The molecule has 2 N–H and O–H groups in total. The van der Waals surface area contributed by atoms with Gasteiger partial charge in [0.15, 0.2) is 0 Å². The molecule has 0 spiro atoms. The summed E-state index contributed by atoms with van der Waals surface area (Å²) in [7, 11) is 0. The number of carbonyl (C=O) groups excluding carboxylic acids is 1. The van der Waals surface area contributed by atoms with Gasteiger partial charge < -0.3 is 25.2 Å². The van der Waals surface area contributed by atoms with Crippen molar-refractivity contribution in [2.24, 2.45) is 0 Å². The van der Waals surface area contributed by atoms with Crippen molar-refractivity contribution in [1.29, 1.82) is 0 Å². The lowest BCUT2D eigenvalue weighted by atomic mass is 10.2. The summed E-state index contributed by atoms with van der Waals surface area (Å²) in [6.07, 6.45) is 4.17. The second-order valence-corrected chi connectivity index (χ2v) is 9.04. The molecule has 8 nitrogen and oxygen atoms in total. The van der Waals surface area contributed by atoms with Gasteiger partial charge in [0.1, 0.15) is 5.82 Å². The lowest BCUT2D eigenvalue weighted by Gasteiger charge is -2.30. The number of carbonyl (C=O) groups is 1. The van der Waals surface area contributed by atoms with Crippen LogP contribution in [-0.4, -0.2) is 48.7 Å². The molecule has 0 radical (unpaired) electrons. The molecule has 5 rings (SSSR count). The van der Waals surface area contributed by atoms with Gasteiger partial charge in [-0.3, -0.25) is 4.79 Å². The number of benzene rings is 2. The van der Waals surface area contributed by atoms with Crippen molar-refractivity contribution in [2.75, 3.05) is 53.3 Å². The van der Waals surface area contributed by atoms with Crippen molar-refractivity contribution in [3.05, 3.63) is 77.5 Å². The molecule has 0 aliphatic carbocycles. The Hall–Kier alpha value is -3.91. The van der Waals surface area contributed by atoms with Crippen LogP contribution >= 0.6 is 0 Å². The van der Waals surface area contributed by atoms with E-state index in [1.54, 1.807) is 6.08 Å². The minimum absolute atomic E-state index is 0.127. The predicted octanol–water partition coefficient (Wildman–Crippen LogP) is 4.44. The van der Waals surface area contributed by atoms with Gasteiger partial charge in [0.2, 0.25) is 11.9 Å². The Labute approximate surface area is 212 Å². The minimum Gasteiger partial charge on any atom is -0.378 e. The van der Waals surface area contributed by atoms with E-state index in [0.717, 1.165) is 73.4 Å². The summed E-state index contributed by atoms with van der Waals surface area (Å²) in [5.74, 6) is 1.45. The SMILES string of the molecule is C/C=C/C(=O)Nc1cccc(CN2CCc3c(C)nc(Nc4ccccc4N4CCOCC4)nc32)c1. The number of aryl methyl sites for hydroxylation is 1. The van der Waals surface area contributed by atoms with Crippen molar-refractivity contribution in [3.8, 4) is 0 Å². The van der Waals surface area contributed by atoms with Gasteiger partial charge in [-0.25, -0.2) is 4.98 Å². The molecule has 36 heavy (non-hydrogen) atoms. The van der Waals surface area contributed by atoms with Crippen molar-refractivity contribution in [3.63, 3.8) is 0 Å². The smallest absolute Gasteiger partial charge is 0.248 e. The van der Waals surface area contributed by atoms with Crippen LogP contribution in [-0.2, 0) is 22.5 Å². The van der Waals surface area contributed by atoms with Gasteiger partial charge in [-0.05, 0) is 56.2 Å². The van der Waals surface area contributed by atoms with E-state index in [2.05, 4.69) is 51.6 Å². The number of morpholine rings is 1. The molecule has 3 heterocycles. The third-order valence-electron chi connectivity index (χ3n) is 6.51. The molecule has 186 valence electrons. The molecule has 1 saturated heterocycles. The molecule has 1 fully saturated rings. The maximum atomic E-state index is 11.9. The fourth-order valence-corrected chi connectivity index (χ4v) is 4.78. The van der Waals surface area contributed by atoms with E-state index in [1.807, 2.05) is 31.2 Å². The number of ether oxygens (including phenoxy) is 1. The number of nitrogens with zero attached hydrogens (tertiary/aromatic N) is 4. The third kappa shape index (κ3) is 5.33. The van der Waals surface area contributed by atoms with E-state index in [4.69, 9.17) is 14.7 Å². The van der Waals surface area contributed by atoms with E-state index >= 15 is 0 Å². The third-order valence-corrected chi connectivity index (χ3v) is 6.51. The maximum Gasteiger partial charge on any atom is 0.248 e. The molecule has 3 aromatic rings. The van der Waals surface area contributed by atoms with Crippen LogP contribution in [0.25, 0.3) is 0 Å². The monoisotopic (exact) mass is 484 g/mol. The normalized spacial score (nSPS) is 15.3. The second kappa shape index (κ2) is 10.8. The highest BCUT2D eigenvalue weighted by molar-refractivity contribution is 5.99. The molecule has 0 unspecified atom stereocenters. The first-order chi connectivity index (χ1) is 17.6. The van der Waals surface area contributed by atoms with Crippen LogP contribution in [0.1, 0.15) is 23.7 Å². The number of fused-ring (bicyclic) bond motifs is 1. The van der Waals surface area contributed by atoms with Crippen LogP contribution in [0.4, 0.5) is 28.8 Å². The van der Waals surface area contributed by atoms with E-state index in [9.17, 15) is 4.79 Å². The van der Waals surface area contributed by atoms with Crippen molar-refractivity contribution in [2.45, 2.75) is 26.8 Å². The minimum atomic E-state index is -0.127. The largest absolute Gasteiger partial charge is 0.378 e. The summed E-state index contributed by atoms with van der Waals surface area (Å²) in [6, 6.07) is 16.3. The van der Waals surface area contributed by atoms with E-state index in [-0.39, 0.29) is 5.91 Å². The number of allylic oxidation sites excluding steroid dienone is 1. The highest BCUT2D eigenvalue weighted by atomic mass is 16.5. The molecule has 1 aromatic heterocycles. The molecular weight excluding hydrogens is 452 g/mol. The summed E-state index contributed by atoms with van der Waals surface area (Å²) >= 11 is 0. The summed E-state index contributed by atoms with van der Waals surface area (Å²) in [5.41, 5.74) is 6.23. The molecular formula is C28H32N6O2. The summed E-state index contributed by atoms with van der Waals surface area (Å²) < 4.78 is 5.53. The lowest BCUT2D eigenvalue weighted by Crippen LogP contribution is -2.36. The number of para-hydroxylation sites is 2. The molecule has 0 bridgehead atoms. The zero-order valence-electron chi connectivity index (χ0n) is 20.8. The Kier molecular flexibility index (Phi) is 7.13. The Morgan fingerprint density at radius 3 is 2.75 bits per heavy atom. The van der Waals surface area contributed by atoms with Gasteiger partial charge in [-0.15, -0.1) is 0 Å². The zero-order chi connectivity index (χ0) is 24.9. The molecule has 0 atom stereocenters.